The molecule has 202 valence electrons. The standard InChI is InChI=1S/C28H28Cl2N4O2.2ClH/c29-24-11-8-21(16-25(24)30)19-34-15-14-32-27(34)17-28(36)33-23-9-6-20(7-10-23)12-13-31-18-26(35)22-4-2-1-3-5-22;;/h1-11,14-16,26,31,35H,12-13,17-19H2,(H,33,36);2*1H/t26-;;/m0../s1. The molecule has 3 aromatic carbocycles. The maximum atomic E-state index is 12.6. The zero-order valence-electron chi connectivity index (χ0n) is 20.5. The van der Waals surface area contributed by atoms with Crippen molar-refractivity contribution in [2.45, 2.75) is 25.5 Å². The van der Waals surface area contributed by atoms with Gasteiger partial charge in [-0.2, -0.15) is 0 Å². The van der Waals surface area contributed by atoms with Gasteiger partial charge in [-0.1, -0.05) is 71.7 Å². The summed E-state index contributed by atoms with van der Waals surface area (Å²) in [5.74, 6) is 0.528. The number of aromatic nitrogens is 2. The number of benzene rings is 3. The molecule has 6 nitrogen and oxygen atoms in total. The summed E-state index contributed by atoms with van der Waals surface area (Å²) in [7, 11) is 0. The van der Waals surface area contributed by atoms with Crippen molar-refractivity contribution < 1.29 is 9.90 Å². The number of imidazole rings is 1. The van der Waals surface area contributed by atoms with Gasteiger partial charge in [-0.3, -0.25) is 4.79 Å². The fourth-order valence-electron chi connectivity index (χ4n) is 3.85. The van der Waals surface area contributed by atoms with Crippen molar-refractivity contribution >= 4 is 59.6 Å². The predicted octanol–water partition coefficient (Wildman–Crippen LogP) is 6.13. The molecule has 0 fully saturated rings. The van der Waals surface area contributed by atoms with Crippen molar-refractivity contribution in [3.63, 3.8) is 0 Å². The number of amides is 1. The molecule has 4 aromatic rings. The molecule has 1 heterocycles. The Morgan fingerprint density at radius 2 is 1.66 bits per heavy atom. The molecular formula is C28H30Cl4N4O2. The highest BCUT2D eigenvalue weighted by molar-refractivity contribution is 6.42. The lowest BCUT2D eigenvalue weighted by Crippen LogP contribution is -2.23. The SMILES string of the molecule is Cl.Cl.O=C(Cc1nccn1Cc1ccc(Cl)c(Cl)c1)Nc1ccc(CCNC[C@H](O)c2ccccc2)cc1. The molecule has 4 rings (SSSR count). The summed E-state index contributed by atoms with van der Waals surface area (Å²) in [5, 5.41) is 17.5. The maximum absolute atomic E-state index is 12.6. The fraction of sp³-hybridized carbons (Fsp3) is 0.214. The molecule has 38 heavy (non-hydrogen) atoms. The number of aliphatic hydroxyl groups is 1. The van der Waals surface area contributed by atoms with Gasteiger partial charge in [0.1, 0.15) is 5.82 Å². The Balaban J connectivity index is 0.00000253. The first-order chi connectivity index (χ1) is 17.5. The van der Waals surface area contributed by atoms with Crippen molar-refractivity contribution in [1.82, 2.24) is 14.9 Å². The third-order valence-corrected chi connectivity index (χ3v) is 6.55. The summed E-state index contributed by atoms with van der Waals surface area (Å²) in [5.41, 5.74) is 3.76. The summed E-state index contributed by atoms with van der Waals surface area (Å²) < 4.78 is 1.92. The number of aliphatic hydroxyl groups excluding tert-OH is 1. The average molecular weight is 596 g/mol. The fourth-order valence-corrected chi connectivity index (χ4v) is 4.17. The van der Waals surface area contributed by atoms with Gasteiger partial charge in [0.05, 0.1) is 22.6 Å². The summed E-state index contributed by atoms with van der Waals surface area (Å²) in [6.07, 6.45) is 3.98. The lowest BCUT2D eigenvalue weighted by atomic mass is 10.1. The Hall–Kier alpha value is -2.58. The Bertz CT molecular complexity index is 1280. The minimum atomic E-state index is -0.525. The van der Waals surface area contributed by atoms with Crippen LogP contribution in [0, 0.1) is 0 Å². The zero-order chi connectivity index (χ0) is 25.3. The Morgan fingerprint density at radius 1 is 0.947 bits per heavy atom. The van der Waals surface area contributed by atoms with Crippen LogP contribution in [-0.4, -0.2) is 33.7 Å². The van der Waals surface area contributed by atoms with Gasteiger partial charge >= 0.3 is 0 Å². The number of carbonyl (C=O) groups excluding carboxylic acids is 1. The van der Waals surface area contributed by atoms with E-state index < -0.39 is 6.10 Å². The van der Waals surface area contributed by atoms with E-state index in [1.807, 2.05) is 77.5 Å². The van der Waals surface area contributed by atoms with Crippen molar-refractivity contribution in [1.29, 1.82) is 0 Å². The van der Waals surface area contributed by atoms with Crippen LogP contribution in [0.5, 0.6) is 0 Å². The number of nitrogens with one attached hydrogen (secondary N) is 2. The van der Waals surface area contributed by atoms with Crippen LogP contribution in [0.3, 0.4) is 0 Å². The highest BCUT2D eigenvalue weighted by Gasteiger charge is 2.11. The van der Waals surface area contributed by atoms with Gasteiger partial charge < -0.3 is 20.3 Å². The number of anilines is 1. The van der Waals surface area contributed by atoms with Gasteiger partial charge in [-0.15, -0.1) is 24.8 Å². The Morgan fingerprint density at radius 3 is 2.37 bits per heavy atom. The van der Waals surface area contributed by atoms with E-state index in [4.69, 9.17) is 23.2 Å². The Labute approximate surface area is 245 Å². The molecule has 0 aliphatic rings. The second kappa shape index (κ2) is 15.7. The van der Waals surface area contributed by atoms with Gasteiger partial charge in [-0.05, 0) is 53.9 Å². The molecule has 3 N–H and O–H groups in total. The van der Waals surface area contributed by atoms with Crippen molar-refractivity contribution in [2.24, 2.45) is 0 Å². The number of hydrogen-bond acceptors (Lipinski definition) is 4. The number of nitrogens with zero attached hydrogens (tertiary/aromatic N) is 2. The van der Waals surface area contributed by atoms with Gasteiger partial charge in [0.25, 0.3) is 0 Å². The second-order valence-corrected chi connectivity index (χ2v) is 9.34. The minimum absolute atomic E-state index is 0. The van der Waals surface area contributed by atoms with Crippen LogP contribution in [-0.2, 0) is 24.2 Å². The van der Waals surface area contributed by atoms with Crippen LogP contribution < -0.4 is 10.6 Å². The highest BCUT2D eigenvalue weighted by Crippen LogP contribution is 2.23. The van der Waals surface area contributed by atoms with Crippen LogP contribution in [0.25, 0.3) is 0 Å². The normalized spacial score (nSPS) is 11.2. The van der Waals surface area contributed by atoms with Crippen LogP contribution in [0.2, 0.25) is 10.0 Å². The molecule has 0 spiro atoms. The van der Waals surface area contributed by atoms with E-state index in [0.717, 1.165) is 35.3 Å². The van der Waals surface area contributed by atoms with Crippen LogP contribution in [0.15, 0.2) is 85.2 Å². The lowest BCUT2D eigenvalue weighted by Gasteiger charge is -2.12. The largest absolute Gasteiger partial charge is 0.387 e. The van der Waals surface area contributed by atoms with E-state index in [-0.39, 0.29) is 37.1 Å². The quantitative estimate of drug-likeness (QED) is 0.182. The monoisotopic (exact) mass is 594 g/mol. The van der Waals surface area contributed by atoms with Gasteiger partial charge in [-0.25, -0.2) is 4.98 Å². The molecular weight excluding hydrogens is 566 g/mol. The van der Waals surface area contributed by atoms with Crippen molar-refractivity contribution in [3.8, 4) is 0 Å². The van der Waals surface area contributed by atoms with Crippen molar-refractivity contribution in [3.05, 3.63) is 118 Å². The van der Waals surface area contributed by atoms with E-state index >= 15 is 0 Å². The van der Waals surface area contributed by atoms with Gasteiger partial charge in [0, 0.05) is 31.2 Å². The average Bonchev–Trinajstić information content (AvgIpc) is 3.31. The first kappa shape index (κ1) is 31.6. The smallest absolute Gasteiger partial charge is 0.231 e. The first-order valence-electron chi connectivity index (χ1n) is 11.7. The number of rotatable bonds is 11. The van der Waals surface area contributed by atoms with E-state index in [9.17, 15) is 9.90 Å². The van der Waals surface area contributed by atoms with Gasteiger partial charge in [0.15, 0.2) is 0 Å². The summed E-state index contributed by atoms with van der Waals surface area (Å²) in [6, 6.07) is 22.9. The van der Waals surface area contributed by atoms with E-state index in [0.29, 0.717) is 29.0 Å². The molecule has 10 heteroatoms. The molecule has 0 bridgehead atoms. The van der Waals surface area contributed by atoms with Gasteiger partial charge in [0.2, 0.25) is 5.91 Å². The van der Waals surface area contributed by atoms with Crippen LogP contribution in [0.4, 0.5) is 5.69 Å². The van der Waals surface area contributed by atoms with E-state index in [2.05, 4.69) is 15.6 Å². The summed E-state index contributed by atoms with van der Waals surface area (Å²) >= 11 is 12.1. The number of halogens is 4. The molecule has 0 saturated carbocycles. The Kier molecular flexibility index (Phi) is 13.1. The molecule has 1 atom stereocenters. The molecule has 1 aromatic heterocycles. The second-order valence-electron chi connectivity index (χ2n) is 8.52. The third-order valence-electron chi connectivity index (χ3n) is 5.81. The minimum Gasteiger partial charge on any atom is -0.387 e. The van der Waals surface area contributed by atoms with E-state index in [1.54, 1.807) is 12.3 Å². The molecule has 1 amide bonds. The maximum Gasteiger partial charge on any atom is 0.231 e. The first-order valence-corrected chi connectivity index (χ1v) is 12.5. The molecule has 0 aliphatic carbocycles. The summed E-state index contributed by atoms with van der Waals surface area (Å²) in [4.78, 5) is 17.0. The zero-order valence-corrected chi connectivity index (χ0v) is 23.7. The topological polar surface area (TPSA) is 79.2 Å². The summed E-state index contributed by atoms with van der Waals surface area (Å²) in [6.45, 7) is 1.79. The van der Waals surface area contributed by atoms with Crippen LogP contribution in [0.1, 0.15) is 28.6 Å². The molecule has 0 radical (unpaired) electrons. The highest BCUT2D eigenvalue weighted by atomic mass is 35.5. The number of hydrogen-bond donors (Lipinski definition) is 3. The molecule has 0 unspecified atom stereocenters. The predicted molar refractivity (Wildman–Crippen MR) is 159 cm³/mol. The van der Waals surface area contributed by atoms with Crippen molar-refractivity contribution in [2.75, 3.05) is 18.4 Å². The molecule has 0 saturated heterocycles. The van der Waals surface area contributed by atoms with Crippen LogP contribution >= 0.6 is 48.0 Å². The number of carbonyl (C=O) groups is 1. The van der Waals surface area contributed by atoms with E-state index in [1.165, 1.54) is 0 Å². The third kappa shape index (κ3) is 9.31. The lowest BCUT2D eigenvalue weighted by molar-refractivity contribution is -0.115. The molecule has 0 aliphatic heterocycles.